The van der Waals surface area contributed by atoms with Crippen molar-refractivity contribution in [2.24, 2.45) is 0 Å². The minimum atomic E-state index is -0.491. The lowest BCUT2D eigenvalue weighted by Gasteiger charge is -2.07. The van der Waals surface area contributed by atoms with Gasteiger partial charge in [0.25, 0.3) is 0 Å². The van der Waals surface area contributed by atoms with E-state index in [2.05, 4.69) is 25.9 Å². The molecule has 0 aliphatic rings. The lowest BCUT2D eigenvalue weighted by Crippen LogP contribution is -2.09. The number of nitrogens with zero attached hydrogens (tertiary/aromatic N) is 2. The van der Waals surface area contributed by atoms with Gasteiger partial charge in [-0.1, -0.05) is 15.9 Å². The molecular weight excluding hydrogens is 343 g/mol. The first-order valence-electron chi connectivity index (χ1n) is 6.14. The molecule has 0 atom stereocenters. The van der Waals surface area contributed by atoms with E-state index in [1.807, 2.05) is 0 Å². The quantitative estimate of drug-likeness (QED) is 0.784. The Bertz CT molecular complexity index is 659. The van der Waals surface area contributed by atoms with Gasteiger partial charge in [0.1, 0.15) is 11.6 Å². The van der Waals surface area contributed by atoms with E-state index in [1.54, 1.807) is 19.9 Å². The molecule has 0 N–H and O–H groups in total. The van der Waals surface area contributed by atoms with Gasteiger partial charge in [-0.15, -0.1) is 0 Å². The number of carbonyl (C=O) groups excluding carboxylic acids is 1. The number of benzene rings is 1. The molecule has 110 valence electrons. The second-order valence-electron chi connectivity index (χ2n) is 4.08. The molecule has 21 heavy (non-hydrogen) atoms. The normalized spacial score (nSPS) is 10.3. The van der Waals surface area contributed by atoms with Crippen LogP contribution in [0.3, 0.4) is 0 Å². The van der Waals surface area contributed by atoms with Crippen molar-refractivity contribution in [3.8, 4) is 11.8 Å². The second-order valence-corrected chi connectivity index (χ2v) is 5.00. The van der Waals surface area contributed by atoms with Crippen LogP contribution >= 0.6 is 15.9 Å². The largest absolute Gasteiger partial charge is 0.462 e. The number of hydrogen-bond donors (Lipinski definition) is 0. The summed E-state index contributed by atoms with van der Waals surface area (Å²) in [5.41, 5.74) is 0.693. The molecule has 7 heteroatoms. The zero-order chi connectivity index (χ0) is 15.4. The van der Waals surface area contributed by atoms with E-state index in [0.29, 0.717) is 10.2 Å². The van der Waals surface area contributed by atoms with Crippen LogP contribution in [0, 0.1) is 12.7 Å². The van der Waals surface area contributed by atoms with Crippen LogP contribution in [0.15, 0.2) is 28.9 Å². The van der Waals surface area contributed by atoms with E-state index in [1.165, 1.54) is 18.3 Å². The van der Waals surface area contributed by atoms with Crippen molar-refractivity contribution in [2.75, 3.05) is 6.61 Å². The van der Waals surface area contributed by atoms with Gasteiger partial charge in [0.2, 0.25) is 0 Å². The summed E-state index contributed by atoms with van der Waals surface area (Å²) in [6.45, 7) is 3.63. The third kappa shape index (κ3) is 3.98. The number of ether oxygens (including phenoxy) is 2. The first-order valence-corrected chi connectivity index (χ1v) is 6.93. The first-order chi connectivity index (χ1) is 9.99. The number of hydrogen-bond acceptors (Lipinski definition) is 5. The summed E-state index contributed by atoms with van der Waals surface area (Å²) in [6.07, 6.45) is 1.32. The number of rotatable bonds is 4. The third-order valence-corrected chi connectivity index (χ3v) is 2.96. The fourth-order valence-electron chi connectivity index (χ4n) is 1.60. The topological polar surface area (TPSA) is 61.3 Å². The van der Waals surface area contributed by atoms with Crippen LogP contribution in [0.5, 0.6) is 11.8 Å². The van der Waals surface area contributed by atoms with Gasteiger partial charge in [-0.3, -0.25) is 0 Å². The van der Waals surface area contributed by atoms with Crippen molar-refractivity contribution in [2.45, 2.75) is 13.8 Å². The summed E-state index contributed by atoms with van der Waals surface area (Å²) < 4.78 is 24.0. The van der Waals surface area contributed by atoms with Crippen LogP contribution in [-0.2, 0) is 4.74 Å². The van der Waals surface area contributed by atoms with E-state index in [4.69, 9.17) is 9.47 Å². The Hall–Kier alpha value is -2.02. The smallest absolute Gasteiger partial charge is 0.341 e. The van der Waals surface area contributed by atoms with Crippen LogP contribution in [0.4, 0.5) is 4.39 Å². The Morgan fingerprint density at radius 3 is 2.76 bits per heavy atom. The predicted molar refractivity (Wildman–Crippen MR) is 76.9 cm³/mol. The zero-order valence-electron chi connectivity index (χ0n) is 11.4. The third-order valence-electron chi connectivity index (χ3n) is 2.50. The summed E-state index contributed by atoms with van der Waals surface area (Å²) in [6, 6.07) is 4.13. The van der Waals surface area contributed by atoms with Crippen molar-refractivity contribution in [3.05, 3.63) is 45.9 Å². The van der Waals surface area contributed by atoms with Crippen molar-refractivity contribution in [1.82, 2.24) is 9.97 Å². The molecule has 2 aromatic rings. The molecule has 1 aromatic carbocycles. The van der Waals surface area contributed by atoms with Gasteiger partial charge >= 0.3 is 12.0 Å². The standard InChI is InChI=1S/C14H12BrFN2O3/c1-3-20-13(19)12-7-17-14(18-8(12)2)21-11-5-9(15)4-10(16)6-11/h4-7H,3H2,1-2H3. The van der Waals surface area contributed by atoms with Crippen molar-refractivity contribution in [3.63, 3.8) is 0 Å². The van der Waals surface area contributed by atoms with Gasteiger partial charge in [-0.25, -0.2) is 14.2 Å². The Morgan fingerprint density at radius 2 is 2.14 bits per heavy atom. The molecule has 1 aromatic heterocycles. The number of esters is 1. The average molecular weight is 355 g/mol. The summed E-state index contributed by atoms with van der Waals surface area (Å²) in [7, 11) is 0. The highest BCUT2D eigenvalue weighted by Crippen LogP contribution is 2.24. The van der Waals surface area contributed by atoms with Gasteiger partial charge in [0.15, 0.2) is 0 Å². The molecule has 0 unspecified atom stereocenters. The van der Waals surface area contributed by atoms with Gasteiger partial charge in [0, 0.05) is 16.7 Å². The average Bonchev–Trinajstić information content (AvgIpc) is 2.37. The lowest BCUT2D eigenvalue weighted by molar-refractivity contribution is 0.0524. The van der Waals surface area contributed by atoms with Gasteiger partial charge in [0.05, 0.1) is 17.9 Å². The molecule has 0 saturated carbocycles. The highest BCUT2D eigenvalue weighted by molar-refractivity contribution is 9.10. The summed E-state index contributed by atoms with van der Waals surface area (Å²) >= 11 is 3.17. The fourth-order valence-corrected chi connectivity index (χ4v) is 2.04. The molecule has 0 radical (unpaired) electrons. The number of carbonyl (C=O) groups is 1. The summed E-state index contributed by atoms with van der Waals surface area (Å²) in [4.78, 5) is 19.6. The maximum absolute atomic E-state index is 13.3. The van der Waals surface area contributed by atoms with E-state index < -0.39 is 11.8 Å². The minimum Gasteiger partial charge on any atom is -0.462 e. The van der Waals surface area contributed by atoms with Gasteiger partial charge < -0.3 is 9.47 Å². The molecule has 5 nitrogen and oxygen atoms in total. The van der Waals surface area contributed by atoms with Gasteiger partial charge in [-0.05, 0) is 26.0 Å². The van der Waals surface area contributed by atoms with E-state index in [-0.39, 0.29) is 23.9 Å². The van der Waals surface area contributed by atoms with Crippen LogP contribution in [0.1, 0.15) is 23.0 Å². The van der Waals surface area contributed by atoms with E-state index in [9.17, 15) is 9.18 Å². The molecule has 0 aliphatic carbocycles. The SMILES string of the molecule is CCOC(=O)c1cnc(Oc2cc(F)cc(Br)c2)nc1C. The maximum atomic E-state index is 13.3. The molecule has 0 bridgehead atoms. The molecule has 0 spiro atoms. The fraction of sp³-hybridized carbons (Fsp3) is 0.214. The monoisotopic (exact) mass is 354 g/mol. The molecule has 2 rings (SSSR count). The van der Waals surface area contributed by atoms with Crippen molar-refractivity contribution >= 4 is 21.9 Å². The molecule has 0 amide bonds. The number of halogens is 2. The number of aromatic nitrogens is 2. The van der Waals surface area contributed by atoms with Gasteiger partial charge in [-0.2, -0.15) is 4.98 Å². The highest BCUT2D eigenvalue weighted by atomic mass is 79.9. The number of aryl methyl sites for hydroxylation is 1. The summed E-state index contributed by atoms with van der Waals surface area (Å²) in [5.74, 6) is -0.681. The van der Waals surface area contributed by atoms with Crippen LogP contribution in [0.2, 0.25) is 0 Å². The molecule has 1 heterocycles. The first kappa shape index (κ1) is 15.4. The maximum Gasteiger partial charge on any atom is 0.341 e. The van der Waals surface area contributed by atoms with E-state index >= 15 is 0 Å². The van der Waals surface area contributed by atoms with Crippen molar-refractivity contribution < 1.29 is 18.7 Å². The Labute approximate surface area is 129 Å². The van der Waals surface area contributed by atoms with Crippen LogP contribution in [0.25, 0.3) is 0 Å². The van der Waals surface area contributed by atoms with Crippen LogP contribution in [-0.4, -0.2) is 22.5 Å². The Morgan fingerprint density at radius 1 is 1.38 bits per heavy atom. The predicted octanol–water partition coefficient (Wildman–Crippen LogP) is 3.66. The molecule has 0 aliphatic heterocycles. The van der Waals surface area contributed by atoms with Crippen molar-refractivity contribution in [1.29, 1.82) is 0 Å². The molecular formula is C14H12BrFN2O3. The molecule has 0 fully saturated rings. The molecule has 0 saturated heterocycles. The second kappa shape index (κ2) is 6.62. The minimum absolute atomic E-state index is 0.0260. The Kier molecular flexibility index (Phi) is 4.85. The highest BCUT2D eigenvalue weighted by Gasteiger charge is 2.13. The van der Waals surface area contributed by atoms with E-state index in [0.717, 1.165) is 0 Å². The zero-order valence-corrected chi connectivity index (χ0v) is 13.0. The lowest BCUT2D eigenvalue weighted by atomic mass is 10.2. The summed E-state index contributed by atoms with van der Waals surface area (Å²) in [5, 5.41) is 0. The van der Waals surface area contributed by atoms with Crippen LogP contribution < -0.4 is 4.74 Å². The Balaban J connectivity index is 2.22.